The lowest BCUT2D eigenvalue weighted by atomic mass is 9.63. The SMILES string of the molecule is CC1c2cc(OC3CC4(CNC4)C3)ccc2C(=O)N1Cc1ccc2[nH]c(=O)oc2c1. The summed E-state index contributed by atoms with van der Waals surface area (Å²) in [5, 5.41) is 3.35. The molecule has 2 N–H and O–H groups in total. The van der Waals surface area contributed by atoms with Gasteiger partial charge in [-0.05, 0) is 61.2 Å². The number of hydrogen-bond acceptors (Lipinski definition) is 5. The van der Waals surface area contributed by atoms with Crippen LogP contribution in [0.4, 0.5) is 0 Å². The molecular formula is C23H23N3O4. The highest BCUT2D eigenvalue weighted by atomic mass is 16.5. The monoisotopic (exact) mass is 405 g/mol. The molecule has 2 fully saturated rings. The van der Waals surface area contributed by atoms with Gasteiger partial charge in [-0.25, -0.2) is 4.79 Å². The minimum Gasteiger partial charge on any atom is -0.490 e. The van der Waals surface area contributed by atoms with Crippen LogP contribution in [0.3, 0.4) is 0 Å². The smallest absolute Gasteiger partial charge is 0.417 e. The molecule has 1 aliphatic carbocycles. The second-order valence-corrected chi connectivity index (χ2v) is 8.95. The van der Waals surface area contributed by atoms with Crippen LogP contribution in [-0.2, 0) is 6.54 Å². The van der Waals surface area contributed by atoms with Crippen LogP contribution in [-0.4, -0.2) is 35.0 Å². The van der Waals surface area contributed by atoms with Gasteiger partial charge in [-0.1, -0.05) is 6.07 Å². The van der Waals surface area contributed by atoms with E-state index in [4.69, 9.17) is 9.15 Å². The van der Waals surface area contributed by atoms with Crippen molar-refractivity contribution in [1.29, 1.82) is 0 Å². The molecule has 7 nitrogen and oxygen atoms in total. The van der Waals surface area contributed by atoms with Gasteiger partial charge in [-0.2, -0.15) is 0 Å². The van der Waals surface area contributed by atoms with E-state index in [1.807, 2.05) is 48.2 Å². The van der Waals surface area contributed by atoms with Gasteiger partial charge in [-0.15, -0.1) is 0 Å². The molecule has 1 spiro atoms. The molecule has 7 heteroatoms. The maximum atomic E-state index is 13.0. The number of carbonyl (C=O) groups is 1. The number of nitrogens with one attached hydrogen (secondary N) is 2. The minimum absolute atomic E-state index is 0.0165. The Kier molecular flexibility index (Phi) is 3.68. The molecule has 0 bridgehead atoms. The lowest BCUT2D eigenvalue weighted by Crippen LogP contribution is -2.62. The van der Waals surface area contributed by atoms with Gasteiger partial charge >= 0.3 is 5.76 Å². The first-order valence-corrected chi connectivity index (χ1v) is 10.4. The Morgan fingerprint density at radius 2 is 2.00 bits per heavy atom. The molecule has 154 valence electrons. The van der Waals surface area contributed by atoms with Crippen molar-refractivity contribution in [3.05, 3.63) is 63.6 Å². The highest BCUT2D eigenvalue weighted by Gasteiger charge is 2.49. The Hall–Kier alpha value is -3.06. The van der Waals surface area contributed by atoms with Crippen LogP contribution in [0.25, 0.3) is 11.1 Å². The van der Waals surface area contributed by atoms with Crippen molar-refractivity contribution in [3.63, 3.8) is 0 Å². The number of benzene rings is 2. The van der Waals surface area contributed by atoms with Crippen molar-refractivity contribution in [3.8, 4) is 5.75 Å². The van der Waals surface area contributed by atoms with Crippen molar-refractivity contribution in [2.45, 2.75) is 38.5 Å². The zero-order chi connectivity index (χ0) is 20.5. The van der Waals surface area contributed by atoms with Crippen molar-refractivity contribution in [2.75, 3.05) is 13.1 Å². The molecule has 1 amide bonds. The summed E-state index contributed by atoms with van der Waals surface area (Å²) in [5.41, 5.74) is 4.29. The average Bonchev–Trinajstić information content (AvgIpc) is 3.14. The number of aromatic nitrogens is 1. The average molecular weight is 405 g/mol. The van der Waals surface area contributed by atoms with E-state index in [1.54, 1.807) is 0 Å². The fourth-order valence-corrected chi connectivity index (χ4v) is 5.10. The number of oxazole rings is 1. The van der Waals surface area contributed by atoms with Gasteiger partial charge in [0.1, 0.15) is 5.75 Å². The summed E-state index contributed by atoms with van der Waals surface area (Å²) in [5.74, 6) is 0.388. The van der Waals surface area contributed by atoms with Crippen LogP contribution >= 0.6 is 0 Å². The molecule has 2 aromatic carbocycles. The quantitative estimate of drug-likeness (QED) is 0.697. The molecule has 6 rings (SSSR count). The molecule has 1 saturated carbocycles. The Balaban J connectivity index is 1.20. The second kappa shape index (κ2) is 6.22. The Bertz CT molecular complexity index is 1210. The van der Waals surface area contributed by atoms with Gasteiger partial charge in [0.05, 0.1) is 17.7 Å². The van der Waals surface area contributed by atoms with Crippen LogP contribution in [0.1, 0.15) is 47.3 Å². The van der Waals surface area contributed by atoms with Gasteiger partial charge in [-0.3, -0.25) is 9.78 Å². The third kappa shape index (κ3) is 2.69. The van der Waals surface area contributed by atoms with E-state index in [9.17, 15) is 9.59 Å². The van der Waals surface area contributed by atoms with Gasteiger partial charge in [0.2, 0.25) is 0 Å². The van der Waals surface area contributed by atoms with Crippen LogP contribution in [0.15, 0.2) is 45.6 Å². The number of aromatic amines is 1. The molecule has 1 unspecified atom stereocenters. The number of nitrogens with zero attached hydrogens (tertiary/aromatic N) is 1. The molecule has 1 saturated heterocycles. The first-order valence-electron chi connectivity index (χ1n) is 10.4. The summed E-state index contributed by atoms with van der Waals surface area (Å²) in [6.45, 7) is 4.71. The van der Waals surface area contributed by atoms with Crippen LogP contribution in [0, 0.1) is 5.41 Å². The van der Waals surface area contributed by atoms with E-state index in [0.717, 1.165) is 48.4 Å². The third-order valence-corrected chi connectivity index (χ3v) is 6.89. The zero-order valence-corrected chi connectivity index (χ0v) is 16.7. The van der Waals surface area contributed by atoms with Crippen molar-refractivity contribution in [1.82, 2.24) is 15.2 Å². The summed E-state index contributed by atoms with van der Waals surface area (Å²) in [6.07, 6.45) is 2.49. The topological polar surface area (TPSA) is 87.6 Å². The first kappa shape index (κ1) is 17.8. The summed E-state index contributed by atoms with van der Waals surface area (Å²) in [7, 11) is 0. The van der Waals surface area contributed by atoms with E-state index in [-0.39, 0.29) is 18.1 Å². The first-order chi connectivity index (χ1) is 14.5. The van der Waals surface area contributed by atoms with Crippen molar-refractivity contribution in [2.24, 2.45) is 5.41 Å². The molecule has 2 aliphatic heterocycles. The molecule has 1 atom stereocenters. The van der Waals surface area contributed by atoms with Crippen LogP contribution in [0.2, 0.25) is 0 Å². The van der Waals surface area contributed by atoms with Crippen LogP contribution in [0.5, 0.6) is 5.75 Å². The molecule has 3 heterocycles. The lowest BCUT2D eigenvalue weighted by Gasteiger charge is -2.53. The highest BCUT2D eigenvalue weighted by molar-refractivity contribution is 5.99. The molecule has 0 radical (unpaired) electrons. The maximum absolute atomic E-state index is 13.0. The standard InChI is InChI=1S/C23H23N3O4/c1-13-18-7-15(29-16-8-23(9-16)11-24-12-23)3-4-17(18)21(27)26(13)10-14-2-5-19-20(6-14)30-22(28)25-19/h2-7,13,16,24H,8-12H2,1H3,(H,25,28). The molecule has 3 aliphatic rings. The maximum Gasteiger partial charge on any atom is 0.417 e. The van der Waals surface area contributed by atoms with E-state index in [0.29, 0.717) is 23.1 Å². The molecule has 1 aromatic heterocycles. The van der Waals surface area contributed by atoms with Gasteiger partial charge in [0, 0.05) is 30.6 Å². The molecular weight excluding hydrogens is 382 g/mol. The van der Waals surface area contributed by atoms with Crippen molar-refractivity contribution >= 4 is 17.0 Å². The number of amides is 1. The van der Waals surface area contributed by atoms with Gasteiger partial charge in [0.25, 0.3) is 5.91 Å². The zero-order valence-electron chi connectivity index (χ0n) is 16.7. The fraction of sp³-hybridized carbons (Fsp3) is 0.391. The number of fused-ring (bicyclic) bond motifs is 2. The van der Waals surface area contributed by atoms with E-state index in [2.05, 4.69) is 10.3 Å². The number of rotatable bonds is 4. The second-order valence-electron chi connectivity index (χ2n) is 8.95. The summed E-state index contributed by atoms with van der Waals surface area (Å²) in [4.78, 5) is 28.9. The van der Waals surface area contributed by atoms with Gasteiger partial charge < -0.3 is 19.4 Å². The molecule has 3 aromatic rings. The Morgan fingerprint density at radius 3 is 2.77 bits per heavy atom. The van der Waals surface area contributed by atoms with Gasteiger partial charge in [0.15, 0.2) is 5.58 Å². The predicted octanol–water partition coefficient (Wildman–Crippen LogP) is 2.97. The number of ether oxygens (including phenoxy) is 1. The largest absolute Gasteiger partial charge is 0.490 e. The van der Waals surface area contributed by atoms with Crippen molar-refractivity contribution < 1.29 is 13.9 Å². The normalized spacial score (nSPS) is 22.2. The Morgan fingerprint density at radius 1 is 1.17 bits per heavy atom. The minimum atomic E-state index is -0.473. The summed E-state index contributed by atoms with van der Waals surface area (Å²) >= 11 is 0. The predicted molar refractivity (Wildman–Crippen MR) is 111 cm³/mol. The van der Waals surface area contributed by atoms with E-state index < -0.39 is 5.76 Å². The lowest BCUT2D eigenvalue weighted by molar-refractivity contribution is -0.0495. The summed E-state index contributed by atoms with van der Waals surface area (Å²) in [6, 6.07) is 11.3. The fourth-order valence-electron chi connectivity index (χ4n) is 5.10. The highest BCUT2D eigenvalue weighted by Crippen LogP contribution is 2.46. The number of H-pyrrole nitrogens is 1. The number of hydrogen-bond donors (Lipinski definition) is 2. The Labute approximate surface area is 173 Å². The van der Waals surface area contributed by atoms with Crippen LogP contribution < -0.4 is 15.8 Å². The molecule has 30 heavy (non-hydrogen) atoms. The van der Waals surface area contributed by atoms with E-state index >= 15 is 0 Å². The summed E-state index contributed by atoms with van der Waals surface area (Å²) < 4.78 is 11.3. The van der Waals surface area contributed by atoms with E-state index in [1.165, 1.54) is 0 Å². The number of carbonyl (C=O) groups excluding carboxylic acids is 1. The third-order valence-electron chi connectivity index (χ3n) is 6.89.